The van der Waals surface area contributed by atoms with E-state index in [-0.39, 0.29) is 0 Å². The summed E-state index contributed by atoms with van der Waals surface area (Å²) in [5.74, 6) is 2.07. The molecule has 0 saturated heterocycles. The molecule has 0 bridgehead atoms. The van der Waals surface area contributed by atoms with Crippen LogP contribution < -0.4 is 4.74 Å². The maximum absolute atomic E-state index is 5.02. The van der Waals surface area contributed by atoms with E-state index in [0.717, 1.165) is 17.3 Å². The maximum atomic E-state index is 5.02. The molecule has 0 aromatic carbocycles. The van der Waals surface area contributed by atoms with Crippen LogP contribution >= 0.6 is 0 Å². The van der Waals surface area contributed by atoms with Gasteiger partial charge in [0.05, 0.1) is 7.11 Å². The van der Waals surface area contributed by atoms with Gasteiger partial charge < -0.3 is 4.74 Å². The average Bonchev–Trinajstić information content (AvgIpc) is 2.46. The van der Waals surface area contributed by atoms with Crippen molar-refractivity contribution in [2.75, 3.05) is 7.11 Å². The first-order valence-corrected chi connectivity index (χ1v) is 3.95. The standard InChI is InChI=1S/C8H10N4O/c1-5-9-7-4-8(13-3)10-6(2)12(7)11-5/h4H,1-3H3. The first-order valence-electron chi connectivity index (χ1n) is 3.95. The van der Waals surface area contributed by atoms with E-state index in [1.807, 2.05) is 13.8 Å². The molecule has 5 nitrogen and oxygen atoms in total. The van der Waals surface area contributed by atoms with Crippen LogP contribution in [0, 0.1) is 13.8 Å². The predicted molar refractivity (Wildman–Crippen MR) is 46.8 cm³/mol. The molecule has 0 aliphatic rings. The Hall–Kier alpha value is -1.65. The largest absolute Gasteiger partial charge is 0.481 e. The highest BCUT2D eigenvalue weighted by Gasteiger charge is 2.05. The molecule has 2 rings (SSSR count). The number of methoxy groups -OCH3 is 1. The lowest BCUT2D eigenvalue weighted by Gasteiger charge is -2.00. The molecular weight excluding hydrogens is 168 g/mol. The normalized spacial score (nSPS) is 10.7. The van der Waals surface area contributed by atoms with Gasteiger partial charge in [-0.25, -0.2) is 4.98 Å². The molecule has 13 heavy (non-hydrogen) atoms. The quantitative estimate of drug-likeness (QED) is 0.646. The van der Waals surface area contributed by atoms with Crippen molar-refractivity contribution in [2.45, 2.75) is 13.8 Å². The Morgan fingerprint density at radius 3 is 2.77 bits per heavy atom. The Labute approximate surface area is 75.4 Å². The van der Waals surface area contributed by atoms with Crippen molar-refractivity contribution in [1.29, 1.82) is 0 Å². The zero-order chi connectivity index (χ0) is 9.42. The molecule has 0 aliphatic heterocycles. The van der Waals surface area contributed by atoms with Gasteiger partial charge in [-0.15, -0.1) is 5.10 Å². The van der Waals surface area contributed by atoms with Gasteiger partial charge in [0.1, 0.15) is 11.6 Å². The lowest BCUT2D eigenvalue weighted by Crippen LogP contribution is -1.99. The first-order chi connectivity index (χ1) is 6.20. The number of ether oxygens (including phenoxy) is 1. The van der Waals surface area contributed by atoms with Crippen LogP contribution in [0.25, 0.3) is 5.65 Å². The van der Waals surface area contributed by atoms with Gasteiger partial charge in [-0.1, -0.05) is 0 Å². The van der Waals surface area contributed by atoms with Crippen molar-refractivity contribution in [1.82, 2.24) is 19.6 Å². The van der Waals surface area contributed by atoms with Gasteiger partial charge in [-0.3, -0.25) is 0 Å². The van der Waals surface area contributed by atoms with Gasteiger partial charge in [0, 0.05) is 6.07 Å². The van der Waals surface area contributed by atoms with Crippen molar-refractivity contribution in [3.63, 3.8) is 0 Å². The van der Waals surface area contributed by atoms with Gasteiger partial charge in [0.2, 0.25) is 5.88 Å². The summed E-state index contributed by atoms with van der Waals surface area (Å²) in [5, 5.41) is 4.18. The number of fused-ring (bicyclic) bond motifs is 1. The third kappa shape index (κ3) is 1.22. The van der Waals surface area contributed by atoms with Crippen molar-refractivity contribution in [3.05, 3.63) is 17.7 Å². The van der Waals surface area contributed by atoms with Crippen LogP contribution in [0.3, 0.4) is 0 Å². The molecule has 0 unspecified atom stereocenters. The van der Waals surface area contributed by atoms with Crippen molar-refractivity contribution >= 4 is 5.65 Å². The second-order valence-electron chi connectivity index (χ2n) is 2.77. The summed E-state index contributed by atoms with van der Waals surface area (Å²) in [5.41, 5.74) is 0.766. The van der Waals surface area contributed by atoms with Gasteiger partial charge in [-0.05, 0) is 13.8 Å². The minimum atomic E-state index is 0.567. The number of hydrogen-bond acceptors (Lipinski definition) is 4. The van der Waals surface area contributed by atoms with Crippen LogP contribution in [0.4, 0.5) is 0 Å². The Morgan fingerprint density at radius 1 is 1.31 bits per heavy atom. The van der Waals surface area contributed by atoms with Crippen LogP contribution in [-0.2, 0) is 0 Å². The van der Waals surface area contributed by atoms with Crippen molar-refractivity contribution in [3.8, 4) is 5.88 Å². The lowest BCUT2D eigenvalue weighted by atomic mass is 10.5. The fraction of sp³-hybridized carbons (Fsp3) is 0.375. The molecule has 0 aliphatic carbocycles. The Kier molecular flexibility index (Phi) is 1.65. The summed E-state index contributed by atoms with van der Waals surface area (Å²) in [6, 6.07) is 1.76. The Morgan fingerprint density at radius 2 is 2.08 bits per heavy atom. The highest BCUT2D eigenvalue weighted by atomic mass is 16.5. The summed E-state index contributed by atoms with van der Waals surface area (Å²) in [6.07, 6.45) is 0. The minimum Gasteiger partial charge on any atom is -0.481 e. The van der Waals surface area contributed by atoms with Crippen LogP contribution in [0.1, 0.15) is 11.6 Å². The highest BCUT2D eigenvalue weighted by molar-refractivity contribution is 5.41. The molecule has 0 N–H and O–H groups in total. The topological polar surface area (TPSA) is 52.3 Å². The Balaban J connectivity index is 2.75. The molecule has 2 aromatic rings. The summed E-state index contributed by atoms with van der Waals surface area (Å²) in [4.78, 5) is 8.39. The molecule has 0 saturated carbocycles. The molecule has 5 heteroatoms. The summed E-state index contributed by atoms with van der Waals surface area (Å²) < 4.78 is 6.71. The Bertz CT molecular complexity index is 449. The third-order valence-corrected chi connectivity index (χ3v) is 1.78. The monoisotopic (exact) mass is 178 g/mol. The maximum Gasteiger partial charge on any atom is 0.218 e. The van der Waals surface area contributed by atoms with Gasteiger partial charge in [0.25, 0.3) is 0 Å². The van der Waals surface area contributed by atoms with E-state index in [4.69, 9.17) is 4.74 Å². The van der Waals surface area contributed by atoms with E-state index in [2.05, 4.69) is 15.1 Å². The van der Waals surface area contributed by atoms with Gasteiger partial charge in [-0.2, -0.15) is 9.50 Å². The van der Waals surface area contributed by atoms with E-state index in [9.17, 15) is 0 Å². The second kappa shape index (κ2) is 2.69. The van der Waals surface area contributed by atoms with Crippen LogP contribution in [0.5, 0.6) is 5.88 Å². The summed E-state index contributed by atoms with van der Waals surface area (Å²) in [7, 11) is 1.58. The molecule has 0 radical (unpaired) electrons. The minimum absolute atomic E-state index is 0.567. The highest BCUT2D eigenvalue weighted by Crippen LogP contribution is 2.11. The fourth-order valence-corrected chi connectivity index (χ4v) is 1.22. The summed E-state index contributed by atoms with van der Waals surface area (Å²) in [6.45, 7) is 3.71. The predicted octanol–water partition coefficient (Wildman–Crippen LogP) is 0.750. The van der Waals surface area contributed by atoms with Crippen LogP contribution in [0.15, 0.2) is 6.07 Å². The van der Waals surface area contributed by atoms with Crippen LogP contribution in [0.2, 0.25) is 0 Å². The fourth-order valence-electron chi connectivity index (χ4n) is 1.22. The van der Waals surface area contributed by atoms with E-state index < -0.39 is 0 Å². The van der Waals surface area contributed by atoms with Crippen molar-refractivity contribution in [2.24, 2.45) is 0 Å². The molecule has 0 spiro atoms. The molecule has 0 fully saturated rings. The number of aromatic nitrogens is 4. The number of aryl methyl sites for hydroxylation is 2. The number of nitrogens with zero attached hydrogens (tertiary/aromatic N) is 4. The zero-order valence-electron chi connectivity index (χ0n) is 7.77. The number of rotatable bonds is 1. The SMILES string of the molecule is COc1cc2nc(C)nn2c(C)n1. The molecule has 0 amide bonds. The average molecular weight is 178 g/mol. The van der Waals surface area contributed by atoms with E-state index in [0.29, 0.717) is 5.88 Å². The third-order valence-electron chi connectivity index (χ3n) is 1.78. The molecule has 68 valence electrons. The van der Waals surface area contributed by atoms with Crippen LogP contribution in [-0.4, -0.2) is 26.7 Å². The van der Waals surface area contributed by atoms with Crippen molar-refractivity contribution < 1.29 is 4.74 Å². The molecule has 2 heterocycles. The molecule has 0 atom stereocenters. The zero-order valence-corrected chi connectivity index (χ0v) is 7.77. The first kappa shape index (κ1) is 7.97. The molecular formula is C8H10N4O. The second-order valence-corrected chi connectivity index (χ2v) is 2.77. The summed E-state index contributed by atoms with van der Waals surface area (Å²) >= 11 is 0. The lowest BCUT2D eigenvalue weighted by molar-refractivity contribution is 0.395. The van der Waals surface area contributed by atoms with Gasteiger partial charge >= 0.3 is 0 Å². The van der Waals surface area contributed by atoms with E-state index in [1.165, 1.54) is 0 Å². The smallest absolute Gasteiger partial charge is 0.218 e. The van der Waals surface area contributed by atoms with E-state index >= 15 is 0 Å². The number of hydrogen-bond donors (Lipinski definition) is 0. The van der Waals surface area contributed by atoms with E-state index in [1.54, 1.807) is 17.7 Å². The molecule has 2 aromatic heterocycles. The van der Waals surface area contributed by atoms with Gasteiger partial charge in [0.15, 0.2) is 5.65 Å².